The Balaban J connectivity index is 2.16. The van der Waals surface area contributed by atoms with Crippen LogP contribution in [0, 0.1) is 17.5 Å². The van der Waals surface area contributed by atoms with Crippen molar-refractivity contribution in [2.75, 3.05) is 6.61 Å². The molecule has 8 heteroatoms. The Morgan fingerprint density at radius 2 is 2.00 bits per heavy atom. The second kappa shape index (κ2) is 5.62. The van der Waals surface area contributed by atoms with Gasteiger partial charge in [0.1, 0.15) is 16.9 Å². The average Bonchev–Trinajstić information content (AvgIpc) is 2.61. The lowest BCUT2D eigenvalue weighted by Crippen LogP contribution is -2.22. The van der Waals surface area contributed by atoms with E-state index in [4.69, 9.17) is 9.47 Å². The highest BCUT2D eigenvalue weighted by atomic mass is 19.2. The molecule has 1 aliphatic rings. The number of hydrogen-bond donors (Lipinski definition) is 0. The molecule has 0 atom stereocenters. The van der Waals surface area contributed by atoms with Crippen molar-refractivity contribution in [3.05, 3.63) is 63.7 Å². The number of benzene rings is 2. The van der Waals surface area contributed by atoms with Gasteiger partial charge in [-0.2, -0.15) is 4.39 Å². The smallest absolute Gasteiger partial charge is 0.343 e. The van der Waals surface area contributed by atoms with Gasteiger partial charge in [0.15, 0.2) is 17.3 Å². The van der Waals surface area contributed by atoms with Crippen molar-refractivity contribution in [3.8, 4) is 17.2 Å². The van der Waals surface area contributed by atoms with Gasteiger partial charge in [-0.3, -0.25) is 4.79 Å². The number of esters is 1. The molecular formula is C18H10F3NO4. The first-order valence-electron chi connectivity index (χ1n) is 7.64. The van der Waals surface area contributed by atoms with E-state index in [-0.39, 0.29) is 34.5 Å². The summed E-state index contributed by atoms with van der Waals surface area (Å²) in [6.45, 7) is 1.60. The molecule has 2 heterocycles. The largest absolute Gasteiger partial charge is 0.462 e. The van der Waals surface area contributed by atoms with E-state index in [2.05, 4.69) is 0 Å². The van der Waals surface area contributed by atoms with Crippen LogP contribution >= 0.6 is 0 Å². The molecule has 26 heavy (non-hydrogen) atoms. The Kier molecular flexibility index (Phi) is 3.50. The minimum atomic E-state index is -1.32. The molecule has 0 saturated carbocycles. The first kappa shape index (κ1) is 16.2. The summed E-state index contributed by atoms with van der Waals surface area (Å²) in [6, 6.07) is 4.18. The van der Waals surface area contributed by atoms with Gasteiger partial charge in [0.25, 0.3) is 0 Å². The molecule has 1 aliphatic heterocycles. The van der Waals surface area contributed by atoms with E-state index < -0.39 is 34.6 Å². The summed E-state index contributed by atoms with van der Waals surface area (Å²) >= 11 is 0. The second-order valence-corrected chi connectivity index (χ2v) is 5.57. The highest BCUT2D eigenvalue weighted by Gasteiger charge is 2.29. The number of aromatic nitrogens is 1. The van der Waals surface area contributed by atoms with E-state index in [1.54, 1.807) is 6.92 Å². The van der Waals surface area contributed by atoms with Crippen LogP contribution in [-0.4, -0.2) is 17.1 Å². The molecule has 0 bridgehead atoms. The SMILES string of the molecule is CCOC(=O)c1cn2c3c(c(F)c(F)cc3c1=O)Oc1cc(F)ccc1-2. The Bertz CT molecular complexity index is 1150. The van der Waals surface area contributed by atoms with Gasteiger partial charge < -0.3 is 14.0 Å². The van der Waals surface area contributed by atoms with Gasteiger partial charge in [-0.25, -0.2) is 13.6 Å². The summed E-state index contributed by atoms with van der Waals surface area (Å²) in [7, 11) is 0. The lowest BCUT2D eigenvalue weighted by Gasteiger charge is -2.24. The predicted octanol–water partition coefficient (Wildman–Crippen LogP) is 3.69. The van der Waals surface area contributed by atoms with Gasteiger partial charge in [-0.1, -0.05) is 0 Å². The first-order valence-corrected chi connectivity index (χ1v) is 7.64. The number of halogens is 3. The van der Waals surface area contributed by atoms with E-state index in [1.165, 1.54) is 10.6 Å². The Labute approximate surface area is 144 Å². The van der Waals surface area contributed by atoms with Crippen molar-refractivity contribution in [1.29, 1.82) is 0 Å². The molecule has 132 valence electrons. The number of pyridine rings is 1. The summed E-state index contributed by atoms with van der Waals surface area (Å²) < 4.78 is 53.2. The first-order chi connectivity index (χ1) is 12.4. The minimum Gasteiger partial charge on any atom is -0.462 e. The third-order valence-electron chi connectivity index (χ3n) is 4.03. The molecule has 3 aromatic rings. The number of fused-ring (bicyclic) bond motifs is 2. The van der Waals surface area contributed by atoms with E-state index in [9.17, 15) is 22.8 Å². The summed E-state index contributed by atoms with van der Waals surface area (Å²) in [4.78, 5) is 24.7. The molecule has 0 saturated heterocycles. The Morgan fingerprint density at radius 1 is 1.23 bits per heavy atom. The van der Waals surface area contributed by atoms with Crippen LogP contribution in [0.15, 0.2) is 35.3 Å². The fraction of sp³-hybridized carbons (Fsp3) is 0.111. The molecule has 0 radical (unpaired) electrons. The topological polar surface area (TPSA) is 57.5 Å². The molecule has 0 unspecified atom stereocenters. The van der Waals surface area contributed by atoms with Crippen LogP contribution in [0.5, 0.6) is 11.5 Å². The molecule has 0 aliphatic carbocycles. The fourth-order valence-electron chi connectivity index (χ4n) is 2.92. The van der Waals surface area contributed by atoms with Gasteiger partial charge >= 0.3 is 5.97 Å². The zero-order valence-electron chi connectivity index (χ0n) is 13.3. The molecule has 2 aromatic carbocycles. The normalized spacial score (nSPS) is 11.8. The van der Waals surface area contributed by atoms with Gasteiger partial charge in [0.05, 0.1) is 17.7 Å². The summed E-state index contributed by atoms with van der Waals surface area (Å²) in [6.07, 6.45) is 1.16. The van der Waals surface area contributed by atoms with E-state index in [0.717, 1.165) is 18.3 Å². The highest BCUT2D eigenvalue weighted by molar-refractivity contribution is 5.97. The van der Waals surface area contributed by atoms with E-state index in [0.29, 0.717) is 6.07 Å². The summed E-state index contributed by atoms with van der Waals surface area (Å²) in [5, 5.41) is -0.251. The summed E-state index contributed by atoms with van der Waals surface area (Å²) in [5.41, 5.74) is -0.959. The molecule has 0 fully saturated rings. The fourth-order valence-corrected chi connectivity index (χ4v) is 2.92. The van der Waals surface area contributed by atoms with Crippen LogP contribution in [0.4, 0.5) is 13.2 Å². The van der Waals surface area contributed by atoms with Crippen molar-refractivity contribution in [2.45, 2.75) is 6.92 Å². The zero-order chi connectivity index (χ0) is 18.6. The monoisotopic (exact) mass is 361 g/mol. The number of hydrogen-bond acceptors (Lipinski definition) is 4. The molecule has 0 N–H and O–H groups in total. The maximum atomic E-state index is 14.3. The van der Waals surface area contributed by atoms with Gasteiger partial charge in [0, 0.05) is 12.3 Å². The van der Waals surface area contributed by atoms with Crippen LogP contribution in [-0.2, 0) is 4.74 Å². The molecule has 4 rings (SSSR count). The van der Waals surface area contributed by atoms with Crippen molar-refractivity contribution < 1.29 is 27.4 Å². The molecule has 0 spiro atoms. The van der Waals surface area contributed by atoms with Gasteiger partial charge in [-0.05, 0) is 25.1 Å². The lowest BCUT2D eigenvalue weighted by atomic mass is 10.1. The van der Waals surface area contributed by atoms with Crippen molar-refractivity contribution >= 4 is 16.9 Å². The van der Waals surface area contributed by atoms with Crippen molar-refractivity contribution in [2.24, 2.45) is 0 Å². The maximum Gasteiger partial charge on any atom is 0.343 e. The second-order valence-electron chi connectivity index (χ2n) is 5.57. The van der Waals surface area contributed by atoms with Crippen molar-refractivity contribution in [1.82, 2.24) is 4.57 Å². The van der Waals surface area contributed by atoms with Crippen molar-refractivity contribution in [3.63, 3.8) is 0 Å². The molecule has 5 nitrogen and oxygen atoms in total. The third kappa shape index (κ3) is 2.18. The van der Waals surface area contributed by atoms with Gasteiger partial charge in [-0.15, -0.1) is 0 Å². The van der Waals surface area contributed by atoms with Crippen LogP contribution in [0.3, 0.4) is 0 Å². The molecule has 0 amide bonds. The Hall–Kier alpha value is -3.29. The Morgan fingerprint density at radius 3 is 2.73 bits per heavy atom. The number of carbonyl (C=O) groups is 1. The lowest BCUT2D eigenvalue weighted by molar-refractivity contribution is 0.0524. The van der Waals surface area contributed by atoms with Gasteiger partial charge in [0.2, 0.25) is 11.2 Å². The van der Waals surface area contributed by atoms with Crippen LogP contribution in [0.1, 0.15) is 17.3 Å². The molecular weight excluding hydrogens is 351 g/mol. The zero-order valence-corrected chi connectivity index (χ0v) is 13.3. The maximum absolute atomic E-state index is 14.3. The highest BCUT2D eigenvalue weighted by Crippen LogP contribution is 2.42. The number of carbonyl (C=O) groups excluding carboxylic acids is 1. The quantitative estimate of drug-likeness (QED) is 0.511. The number of nitrogens with zero attached hydrogens (tertiary/aromatic N) is 1. The van der Waals surface area contributed by atoms with Crippen LogP contribution < -0.4 is 10.2 Å². The third-order valence-corrected chi connectivity index (χ3v) is 4.03. The van der Waals surface area contributed by atoms with Crippen LogP contribution in [0.25, 0.3) is 16.6 Å². The molecule has 1 aromatic heterocycles. The van der Waals surface area contributed by atoms with E-state index >= 15 is 0 Å². The predicted molar refractivity (Wildman–Crippen MR) is 85.4 cm³/mol. The standard InChI is InChI=1S/C18H10F3NO4/c1-2-25-18(24)10-7-22-12-4-3-8(19)5-13(12)26-17-14(21)11(20)6-9(15(17)22)16(10)23/h3-7H,2H2,1H3. The van der Waals surface area contributed by atoms with E-state index in [1.807, 2.05) is 0 Å². The average molecular weight is 361 g/mol. The number of rotatable bonds is 2. The minimum absolute atomic E-state index is 0.0320. The number of ether oxygens (including phenoxy) is 2. The summed E-state index contributed by atoms with van der Waals surface area (Å²) in [5.74, 6) is -4.81. The van der Waals surface area contributed by atoms with Crippen LogP contribution in [0.2, 0.25) is 0 Å².